The Kier molecular flexibility index (Phi) is 6.29. The molecule has 1 amide bonds. The Balaban J connectivity index is 2.80. The van der Waals surface area contributed by atoms with Crippen LogP contribution < -0.4 is 0 Å². The van der Waals surface area contributed by atoms with Gasteiger partial charge in [0.25, 0.3) is 5.91 Å². The third-order valence-electron chi connectivity index (χ3n) is 2.35. The second-order valence-corrected chi connectivity index (χ2v) is 4.33. The highest BCUT2D eigenvalue weighted by atomic mass is 35.5. The summed E-state index contributed by atoms with van der Waals surface area (Å²) in [6.07, 6.45) is 2.20. The maximum Gasteiger partial charge on any atom is 0.325 e. The minimum atomic E-state index is -0.425. The summed E-state index contributed by atoms with van der Waals surface area (Å²) < 4.78 is 4.85. The minimum absolute atomic E-state index is 0.0747. The number of ether oxygens (including phenoxy) is 1. The lowest BCUT2D eigenvalue weighted by Gasteiger charge is -2.20. The van der Waals surface area contributed by atoms with Crippen molar-refractivity contribution in [2.24, 2.45) is 0 Å². The van der Waals surface area contributed by atoms with E-state index in [2.05, 4.69) is 4.98 Å². The topological polar surface area (TPSA) is 59.5 Å². The molecule has 19 heavy (non-hydrogen) atoms. The Bertz CT molecular complexity index is 451. The van der Waals surface area contributed by atoms with Crippen molar-refractivity contribution in [1.82, 2.24) is 9.88 Å². The number of hydrogen-bond donors (Lipinski definition) is 0. The van der Waals surface area contributed by atoms with Gasteiger partial charge in [0.1, 0.15) is 12.2 Å². The number of halogens is 1. The SMILES string of the molecule is CCCN(CC(=O)OCC)C(=O)c1cc(Cl)ccn1. The predicted molar refractivity (Wildman–Crippen MR) is 72.1 cm³/mol. The molecule has 104 valence electrons. The van der Waals surface area contributed by atoms with E-state index in [1.54, 1.807) is 13.0 Å². The van der Waals surface area contributed by atoms with Gasteiger partial charge in [-0.3, -0.25) is 14.6 Å². The second kappa shape index (κ2) is 7.74. The van der Waals surface area contributed by atoms with Crippen LogP contribution in [0, 0.1) is 0 Å². The zero-order valence-corrected chi connectivity index (χ0v) is 11.8. The molecule has 6 heteroatoms. The maximum atomic E-state index is 12.2. The molecule has 0 aliphatic rings. The molecule has 1 rings (SSSR count). The zero-order valence-electron chi connectivity index (χ0n) is 11.1. The van der Waals surface area contributed by atoms with Crippen LogP contribution in [-0.4, -0.2) is 41.5 Å². The van der Waals surface area contributed by atoms with E-state index in [-0.39, 0.29) is 18.1 Å². The molecule has 0 aliphatic heterocycles. The van der Waals surface area contributed by atoms with Crippen LogP contribution in [0.5, 0.6) is 0 Å². The number of carbonyl (C=O) groups excluding carboxylic acids is 2. The van der Waals surface area contributed by atoms with Crippen LogP contribution in [0.2, 0.25) is 5.02 Å². The molecule has 0 bridgehead atoms. The Morgan fingerprint density at radius 3 is 2.74 bits per heavy atom. The molecule has 1 heterocycles. The van der Waals surface area contributed by atoms with Crippen LogP contribution in [0.15, 0.2) is 18.3 Å². The molecule has 1 aromatic heterocycles. The lowest BCUT2D eigenvalue weighted by Crippen LogP contribution is -2.37. The summed E-state index contributed by atoms with van der Waals surface area (Å²) in [6, 6.07) is 3.07. The highest BCUT2D eigenvalue weighted by molar-refractivity contribution is 6.30. The van der Waals surface area contributed by atoms with Crippen LogP contribution in [0.3, 0.4) is 0 Å². The van der Waals surface area contributed by atoms with E-state index >= 15 is 0 Å². The van der Waals surface area contributed by atoms with Crippen molar-refractivity contribution in [2.45, 2.75) is 20.3 Å². The van der Waals surface area contributed by atoms with Crippen molar-refractivity contribution >= 4 is 23.5 Å². The van der Waals surface area contributed by atoms with Gasteiger partial charge in [0, 0.05) is 17.8 Å². The molecule has 0 N–H and O–H groups in total. The number of esters is 1. The molecule has 0 saturated heterocycles. The highest BCUT2D eigenvalue weighted by Gasteiger charge is 2.19. The number of nitrogens with zero attached hydrogens (tertiary/aromatic N) is 2. The lowest BCUT2D eigenvalue weighted by atomic mass is 10.3. The van der Waals surface area contributed by atoms with Crippen molar-refractivity contribution in [3.63, 3.8) is 0 Å². The largest absolute Gasteiger partial charge is 0.465 e. The number of hydrogen-bond acceptors (Lipinski definition) is 4. The molecule has 0 aliphatic carbocycles. The van der Waals surface area contributed by atoms with E-state index in [4.69, 9.17) is 16.3 Å². The third kappa shape index (κ3) is 4.87. The Morgan fingerprint density at radius 1 is 1.42 bits per heavy atom. The number of amides is 1. The fourth-order valence-corrected chi connectivity index (χ4v) is 1.73. The van der Waals surface area contributed by atoms with E-state index < -0.39 is 5.97 Å². The van der Waals surface area contributed by atoms with E-state index in [1.165, 1.54) is 17.2 Å². The van der Waals surface area contributed by atoms with Crippen molar-refractivity contribution in [2.75, 3.05) is 19.7 Å². The Morgan fingerprint density at radius 2 is 2.16 bits per heavy atom. The van der Waals surface area contributed by atoms with Crippen molar-refractivity contribution in [1.29, 1.82) is 0 Å². The summed E-state index contributed by atoms with van der Waals surface area (Å²) in [5.41, 5.74) is 0.227. The van der Waals surface area contributed by atoms with Crippen LogP contribution in [0.25, 0.3) is 0 Å². The molecular weight excluding hydrogens is 268 g/mol. The van der Waals surface area contributed by atoms with Crippen LogP contribution in [-0.2, 0) is 9.53 Å². The quantitative estimate of drug-likeness (QED) is 0.751. The monoisotopic (exact) mass is 284 g/mol. The van der Waals surface area contributed by atoms with Gasteiger partial charge in [0.05, 0.1) is 6.61 Å². The summed E-state index contributed by atoms with van der Waals surface area (Å²) in [5.74, 6) is -0.747. The van der Waals surface area contributed by atoms with Gasteiger partial charge in [0.2, 0.25) is 0 Å². The fraction of sp³-hybridized carbons (Fsp3) is 0.462. The van der Waals surface area contributed by atoms with Gasteiger partial charge in [-0.2, -0.15) is 0 Å². The molecule has 0 saturated carbocycles. The Labute approximate surface area is 117 Å². The summed E-state index contributed by atoms with van der Waals surface area (Å²) in [7, 11) is 0. The normalized spacial score (nSPS) is 10.1. The number of rotatable bonds is 6. The predicted octanol–water partition coefficient (Wildman–Crippen LogP) is 2.15. The number of pyridine rings is 1. The minimum Gasteiger partial charge on any atom is -0.465 e. The van der Waals surface area contributed by atoms with Crippen LogP contribution in [0.1, 0.15) is 30.8 Å². The second-order valence-electron chi connectivity index (χ2n) is 3.89. The summed E-state index contributed by atoms with van der Waals surface area (Å²) in [5, 5.41) is 0.436. The van der Waals surface area contributed by atoms with Crippen LogP contribution >= 0.6 is 11.6 Å². The number of carbonyl (C=O) groups is 2. The lowest BCUT2D eigenvalue weighted by molar-refractivity contribution is -0.143. The zero-order chi connectivity index (χ0) is 14.3. The van der Waals surface area contributed by atoms with Gasteiger partial charge >= 0.3 is 5.97 Å². The maximum absolute atomic E-state index is 12.2. The highest BCUT2D eigenvalue weighted by Crippen LogP contribution is 2.10. The van der Waals surface area contributed by atoms with Gasteiger partial charge in [-0.1, -0.05) is 18.5 Å². The molecule has 0 fully saturated rings. The standard InChI is InChI=1S/C13H17ClN2O3/c1-3-7-16(9-12(17)19-4-2)13(18)11-8-10(14)5-6-15-11/h5-6,8H,3-4,7,9H2,1-2H3. The van der Waals surface area contributed by atoms with Crippen LogP contribution in [0.4, 0.5) is 0 Å². The van der Waals surface area contributed by atoms with Gasteiger partial charge in [-0.05, 0) is 25.5 Å². The fourth-order valence-electron chi connectivity index (χ4n) is 1.57. The van der Waals surface area contributed by atoms with E-state index in [1.807, 2.05) is 6.92 Å². The first kappa shape index (κ1) is 15.4. The van der Waals surface area contributed by atoms with Crippen molar-refractivity contribution in [3.05, 3.63) is 29.0 Å². The molecule has 0 unspecified atom stereocenters. The molecular formula is C13H17ClN2O3. The summed E-state index contributed by atoms with van der Waals surface area (Å²) >= 11 is 5.82. The van der Waals surface area contributed by atoms with E-state index in [9.17, 15) is 9.59 Å². The smallest absolute Gasteiger partial charge is 0.325 e. The third-order valence-corrected chi connectivity index (χ3v) is 2.58. The molecule has 0 aromatic carbocycles. The van der Waals surface area contributed by atoms with Gasteiger partial charge in [0.15, 0.2) is 0 Å². The average molecular weight is 285 g/mol. The average Bonchev–Trinajstić information content (AvgIpc) is 2.37. The molecule has 1 aromatic rings. The summed E-state index contributed by atoms with van der Waals surface area (Å²) in [6.45, 7) is 4.34. The van der Waals surface area contributed by atoms with Gasteiger partial charge in [-0.15, -0.1) is 0 Å². The van der Waals surface area contributed by atoms with Crippen molar-refractivity contribution < 1.29 is 14.3 Å². The first-order chi connectivity index (χ1) is 9.08. The molecule has 0 radical (unpaired) electrons. The summed E-state index contributed by atoms with van der Waals surface area (Å²) in [4.78, 5) is 29.1. The molecule has 0 spiro atoms. The first-order valence-electron chi connectivity index (χ1n) is 6.15. The van der Waals surface area contributed by atoms with Gasteiger partial charge < -0.3 is 9.64 Å². The molecule has 0 atom stereocenters. The number of aromatic nitrogens is 1. The molecule has 5 nitrogen and oxygen atoms in total. The first-order valence-corrected chi connectivity index (χ1v) is 6.52. The van der Waals surface area contributed by atoms with E-state index in [0.717, 1.165) is 6.42 Å². The Hall–Kier alpha value is -1.62. The van der Waals surface area contributed by atoms with Crippen molar-refractivity contribution in [3.8, 4) is 0 Å². The van der Waals surface area contributed by atoms with Gasteiger partial charge in [-0.25, -0.2) is 0 Å². The van der Waals surface area contributed by atoms with E-state index in [0.29, 0.717) is 18.2 Å².